The van der Waals surface area contributed by atoms with Crippen LogP contribution in [0.4, 0.5) is 0 Å². The van der Waals surface area contributed by atoms with E-state index in [-0.39, 0.29) is 22.4 Å². The summed E-state index contributed by atoms with van der Waals surface area (Å²) in [6.45, 7) is 5.63. The first-order chi connectivity index (χ1) is 12.4. The van der Waals surface area contributed by atoms with Gasteiger partial charge in [-0.05, 0) is 31.7 Å². The van der Waals surface area contributed by atoms with Crippen LogP contribution in [0, 0.1) is 0 Å². The summed E-state index contributed by atoms with van der Waals surface area (Å²) in [6, 6.07) is 5.45. The van der Waals surface area contributed by atoms with E-state index in [0.29, 0.717) is 23.0 Å². The minimum Gasteiger partial charge on any atom is -0.340 e. The molecule has 0 aliphatic carbocycles. The zero-order valence-electron chi connectivity index (χ0n) is 15.0. The van der Waals surface area contributed by atoms with Gasteiger partial charge in [-0.3, -0.25) is 9.59 Å². The van der Waals surface area contributed by atoms with E-state index in [0.717, 1.165) is 31.7 Å². The van der Waals surface area contributed by atoms with Gasteiger partial charge in [-0.15, -0.1) is 11.8 Å². The molecule has 2 aliphatic rings. The second kappa shape index (κ2) is 8.38. The summed E-state index contributed by atoms with van der Waals surface area (Å²) in [5, 5.41) is 0.709. The molecule has 0 saturated carbocycles. The van der Waals surface area contributed by atoms with E-state index in [2.05, 4.69) is 11.9 Å². The fourth-order valence-corrected chi connectivity index (χ4v) is 4.86. The molecule has 2 fully saturated rings. The third-order valence-electron chi connectivity index (χ3n) is 4.90. The van der Waals surface area contributed by atoms with Crippen LogP contribution in [0.25, 0.3) is 0 Å². The highest BCUT2D eigenvalue weighted by atomic mass is 35.5. The number of thioether (sulfide) groups is 1. The predicted molar refractivity (Wildman–Crippen MR) is 107 cm³/mol. The second-order valence-electron chi connectivity index (χ2n) is 6.77. The molecule has 1 aromatic rings. The number of halogens is 2. The van der Waals surface area contributed by atoms with Crippen LogP contribution in [0.5, 0.6) is 0 Å². The van der Waals surface area contributed by atoms with E-state index in [9.17, 15) is 9.59 Å². The molecule has 0 aromatic heterocycles. The lowest BCUT2D eigenvalue weighted by molar-refractivity contribution is -0.134. The van der Waals surface area contributed by atoms with Crippen LogP contribution in [-0.4, -0.2) is 71.5 Å². The van der Waals surface area contributed by atoms with E-state index in [1.165, 1.54) is 0 Å². The molecule has 2 saturated heterocycles. The first-order valence-electron chi connectivity index (χ1n) is 8.74. The molecule has 3 rings (SSSR count). The number of nitrogens with zero attached hydrogens (tertiary/aromatic N) is 3. The summed E-state index contributed by atoms with van der Waals surface area (Å²) in [7, 11) is 2.06. The van der Waals surface area contributed by atoms with Crippen molar-refractivity contribution in [3.8, 4) is 0 Å². The van der Waals surface area contributed by atoms with E-state index >= 15 is 0 Å². The maximum atomic E-state index is 12.6. The normalized spacial score (nSPS) is 24.4. The van der Waals surface area contributed by atoms with Crippen molar-refractivity contribution in [3.05, 3.63) is 33.8 Å². The number of hydrogen-bond acceptors (Lipinski definition) is 4. The number of rotatable bonds is 4. The lowest BCUT2D eigenvalue weighted by Gasteiger charge is -2.33. The highest BCUT2D eigenvalue weighted by Gasteiger charge is 2.38. The van der Waals surface area contributed by atoms with E-state index in [4.69, 9.17) is 23.2 Å². The Morgan fingerprint density at radius 1 is 1.19 bits per heavy atom. The highest BCUT2D eigenvalue weighted by molar-refractivity contribution is 8.01. The zero-order valence-corrected chi connectivity index (χ0v) is 17.3. The summed E-state index contributed by atoms with van der Waals surface area (Å²) in [5.74, 6) is 0.181. The molecule has 26 heavy (non-hydrogen) atoms. The van der Waals surface area contributed by atoms with Crippen molar-refractivity contribution < 1.29 is 9.59 Å². The maximum Gasteiger partial charge on any atom is 0.236 e. The Bertz CT molecular complexity index is 695. The fraction of sp³-hybridized carbons (Fsp3) is 0.556. The molecule has 2 atom stereocenters. The van der Waals surface area contributed by atoms with Gasteiger partial charge in [0, 0.05) is 39.1 Å². The van der Waals surface area contributed by atoms with Gasteiger partial charge in [0.15, 0.2) is 0 Å². The standard InChI is InChI=1S/C18H23Cl2N3O2S/c1-12-17(25)23(6-5-16(24)22-9-7-21(2)8-10-22)18(26-12)13-3-4-14(19)15(20)11-13/h3-4,11-12,18H,5-10H2,1-2H3. The molecule has 5 nitrogen and oxygen atoms in total. The van der Waals surface area contributed by atoms with Crippen molar-refractivity contribution >= 4 is 46.8 Å². The first kappa shape index (κ1) is 19.8. The lowest BCUT2D eigenvalue weighted by atomic mass is 10.2. The fourth-order valence-electron chi connectivity index (χ4n) is 3.26. The molecule has 0 N–H and O–H groups in total. The average molecular weight is 416 g/mol. The van der Waals surface area contributed by atoms with Crippen LogP contribution in [0.15, 0.2) is 18.2 Å². The monoisotopic (exact) mass is 415 g/mol. The van der Waals surface area contributed by atoms with Crippen molar-refractivity contribution in [2.75, 3.05) is 39.8 Å². The van der Waals surface area contributed by atoms with Crippen LogP contribution >= 0.6 is 35.0 Å². The van der Waals surface area contributed by atoms with Gasteiger partial charge in [0.1, 0.15) is 5.37 Å². The average Bonchev–Trinajstić information content (AvgIpc) is 2.90. The Balaban J connectivity index is 1.66. The number of likely N-dealkylation sites (N-methyl/N-ethyl adjacent to an activating group) is 1. The quantitative estimate of drug-likeness (QED) is 0.757. The van der Waals surface area contributed by atoms with E-state index in [1.54, 1.807) is 22.7 Å². The Labute approximate surface area is 168 Å². The molecule has 0 bridgehead atoms. The van der Waals surface area contributed by atoms with Gasteiger partial charge in [-0.2, -0.15) is 0 Å². The van der Waals surface area contributed by atoms with Crippen molar-refractivity contribution in [3.63, 3.8) is 0 Å². The number of benzene rings is 1. The molecule has 1 aromatic carbocycles. The van der Waals surface area contributed by atoms with Gasteiger partial charge in [-0.25, -0.2) is 0 Å². The van der Waals surface area contributed by atoms with Gasteiger partial charge in [0.2, 0.25) is 11.8 Å². The van der Waals surface area contributed by atoms with Gasteiger partial charge >= 0.3 is 0 Å². The summed E-state index contributed by atoms with van der Waals surface area (Å²) in [4.78, 5) is 31.0. The van der Waals surface area contributed by atoms with Crippen molar-refractivity contribution in [1.29, 1.82) is 0 Å². The Hall–Kier alpha value is -0.950. The largest absolute Gasteiger partial charge is 0.340 e. The highest BCUT2D eigenvalue weighted by Crippen LogP contribution is 2.44. The van der Waals surface area contributed by atoms with Crippen LogP contribution in [0.3, 0.4) is 0 Å². The minimum absolute atomic E-state index is 0.0669. The number of hydrogen-bond donors (Lipinski definition) is 0. The van der Waals surface area contributed by atoms with Crippen molar-refractivity contribution in [2.24, 2.45) is 0 Å². The smallest absolute Gasteiger partial charge is 0.236 e. The SMILES string of the molecule is CC1SC(c2ccc(Cl)c(Cl)c2)N(CCC(=O)N2CCN(C)CC2)C1=O. The summed E-state index contributed by atoms with van der Waals surface area (Å²) in [5.41, 5.74) is 0.939. The van der Waals surface area contributed by atoms with Crippen molar-refractivity contribution in [1.82, 2.24) is 14.7 Å². The van der Waals surface area contributed by atoms with Crippen LogP contribution < -0.4 is 0 Å². The topological polar surface area (TPSA) is 43.9 Å². The van der Waals surface area contributed by atoms with Crippen LogP contribution in [0.2, 0.25) is 10.0 Å². The van der Waals surface area contributed by atoms with Crippen LogP contribution in [0.1, 0.15) is 24.3 Å². The molecule has 2 aliphatic heterocycles. The Morgan fingerprint density at radius 2 is 1.88 bits per heavy atom. The van der Waals surface area contributed by atoms with Crippen LogP contribution in [-0.2, 0) is 9.59 Å². The molecule has 0 radical (unpaired) electrons. The summed E-state index contributed by atoms with van der Waals surface area (Å²) >= 11 is 13.7. The molecule has 2 amide bonds. The van der Waals surface area contributed by atoms with E-state index < -0.39 is 0 Å². The van der Waals surface area contributed by atoms with E-state index in [1.807, 2.05) is 24.0 Å². The Morgan fingerprint density at radius 3 is 2.54 bits per heavy atom. The third-order valence-corrected chi connectivity index (χ3v) is 7.03. The summed E-state index contributed by atoms with van der Waals surface area (Å²) in [6.07, 6.45) is 0.348. The first-order valence-corrected chi connectivity index (χ1v) is 10.4. The predicted octanol–water partition coefficient (Wildman–Crippen LogP) is 3.12. The number of piperazine rings is 1. The maximum absolute atomic E-state index is 12.6. The third kappa shape index (κ3) is 4.30. The Kier molecular flexibility index (Phi) is 6.38. The molecule has 142 valence electrons. The molecule has 0 spiro atoms. The van der Waals surface area contributed by atoms with Gasteiger partial charge in [0.05, 0.1) is 15.3 Å². The van der Waals surface area contributed by atoms with Gasteiger partial charge in [-0.1, -0.05) is 29.3 Å². The molecule has 8 heteroatoms. The van der Waals surface area contributed by atoms with Crippen molar-refractivity contribution in [2.45, 2.75) is 24.0 Å². The second-order valence-corrected chi connectivity index (χ2v) is 9.01. The number of carbonyl (C=O) groups is 2. The minimum atomic E-state index is -0.132. The molecule has 2 unspecified atom stereocenters. The molecule has 2 heterocycles. The number of carbonyl (C=O) groups excluding carboxylic acids is 2. The zero-order chi connectivity index (χ0) is 18.8. The summed E-state index contributed by atoms with van der Waals surface area (Å²) < 4.78 is 0. The molecular weight excluding hydrogens is 393 g/mol. The lowest BCUT2D eigenvalue weighted by Crippen LogP contribution is -2.47. The number of amides is 2. The van der Waals surface area contributed by atoms with Gasteiger partial charge < -0.3 is 14.7 Å². The molecular formula is C18H23Cl2N3O2S. The van der Waals surface area contributed by atoms with Gasteiger partial charge in [0.25, 0.3) is 0 Å².